The van der Waals surface area contributed by atoms with Gasteiger partial charge in [0.15, 0.2) is 5.78 Å². The van der Waals surface area contributed by atoms with Crippen LogP contribution in [0.15, 0.2) is 18.2 Å². The summed E-state index contributed by atoms with van der Waals surface area (Å²) in [4.78, 5) is 12.7. The van der Waals surface area contributed by atoms with E-state index < -0.39 is 0 Å². The van der Waals surface area contributed by atoms with Gasteiger partial charge in [-0.1, -0.05) is 36.6 Å². The number of fused-ring (bicyclic) bond motifs is 1. The minimum Gasteiger partial charge on any atom is -0.304 e. The molecule has 1 aromatic carbocycles. The molecule has 0 spiro atoms. The SMILES string of the molecule is Cc1ccc(C(=O)C2CC3CCCCC3N2)c(C)c1. The molecular weight excluding hydrogens is 234 g/mol. The summed E-state index contributed by atoms with van der Waals surface area (Å²) in [5.41, 5.74) is 3.24. The van der Waals surface area contributed by atoms with Crippen LogP contribution in [0, 0.1) is 19.8 Å². The summed E-state index contributed by atoms with van der Waals surface area (Å²) in [7, 11) is 0. The number of nitrogens with one attached hydrogen (secondary N) is 1. The van der Waals surface area contributed by atoms with Gasteiger partial charge in [-0.15, -0.1) is 0 Å². The van der Waals surface area contributed by atoms with E-state index in [1.54, 1.807) is 0 Å². The summed E-state index contributed by atoms with van der Waals surface area (Å²) in [5.74, 6) is 1.03. The molecule has 0 aromatic heterocycles. The van der Waals surface area contributed by atoms with Gasteiger partial charge in [-0.2, -0.15) is 0 Å². The third kappa shape index (κ3) is 2.46. The van der Waals surface area contributed by atoms with E-state index in [9.17, 15) is 4.79 Å². The van der Waals surface area contributed by atoms with Gasteiger partial charge in [0.05, 0.1) is 6.04 Å². The van der Waals surface area contributed by atoms with Crippen LogP contribution in [-0.4, -0.2) is 17.9 Å². The van der Waals surface area contributed by atoms with Gasteiger partial charge in [0.2, 0.25) is 0 Å². The molecule has 0 bridgehead atoms. The van der Waals surface area contributed by atoms with Crippen LogP contribution in [-0.2, 0) is 0 Å². The molecule has 1 heterocycles. The van der Waals surface area contributed by atoms with E-state index in [1.165, 1.54) is 31.2 Å². The van der Waals surface area contributed by atoms with Crippen LogP contribution in [0.3, 0.4) is 0 Å². The number of hydrogen-bond donors (Lipinski definition) is 1. The maximum absolute atomic E-state index is 12.7. The van der Waals surface area contributed by atoms with Gasteiger partial charge in [0, 0.05) is 11.6 Å². The van der Waals surface area contributed by atoms with Crippen LogP contribution < -0.4 is 5.32 Å². The minimum atomic E-state index is 0.0505. The third-order valence-corrected chi connectivity index (χ3v) is 4.83. The molecule has 1 aliphatic heterocycles. The van der Waals surface area contributed by atoms with Gasteiger partial charge in [-0.3, -0.25) is 4.79 Å². The lowest BCUT2D eigenvalue weighted by molar-refractivity contribution is 0.0948. The van der Waals surface area contributed by atoms with Crippen molar-refractivity contribution >= 4 is 5.78 Å². The summed E-state index contributed by atoms with van der Waals surface area (Å²) >= 11 is 0. The summed E-state index contributed by atoms with van der Waals surface area (Å²) in [6.07, 6.45) is 6.25. The maximum atomic E-state index is 12.7. The Balaban J connectivity index is 1.77. The molecule has 1 N–H and O–H groups in total. The molecule has 2 aliphatic rings. The van der Waals surface area contributed by atoms with E-state index in [1.807, 2.05) is 19.1 Å². The van der Waals surface area contributed by atoms with E-state index in [0.29, 0.717) is 11.8 Å². The van der Waals surface area contributed by atoms with E-state index in [-0.39, 0.29) is 6.04 Å². The monoisotopic (exact) mass is 257 g/mol. The smallest absolute Gasteiger partial charge is 0.180 e. The average Bonchev–Trinajstić information content (AvgIpc) is 2.81. The van der Waals surface area contributed by atoms with E-state index in [4.69, 9.17) is 0 Å². The Morgan fingerprint density at radius 2 is 2.00 bits per heavy atom. The van der Waals surface area contributed by atoms with Gasteiger partial charge < -0.3 is 5.32 Å². The molecule has 3 rings (SSSR count). The Labute approximate surface area is 115 Å². The van der Waals surface area contributed by atoms with Gasteiger partial charge in [0.1, 0.15) is 0 Å². The lowest BCUT2D eigenvalue weighted by atomic mass is 9.84. The van der Waals surface area contributed by atoms with Crippen molar-refractivity contribution in [2.75, 3.05) is 0 Å². The molecule has 2 fully saturated rings. The van der Waals surface area contributed by atoms with Crippen molar-refractivity contribution in [3.63, 3.8) is 0 Å². The fourth-order valence-corrected chi connectivity index (χ4v) is 3.80. The van der Waals surface area contributed by atoms with Gasteiger partial charge in [-0.25, -0.2) is 0 Å². The summed E-state index contributed by atoms with van der Waals surface area (Å²) < 4.78 is 0. The highest BCUT2D eigenvalue weighted by Gasteiger charge is 2.38. The van der Waals surface area contributed by atoms with Crippen LogP contribution in [0.2, 0.25) is 0 Å². The lowest BCUT2D eigenvalue weighted by Gasteiger charge is -2.24. The van der Waals surface area contributed by atoms with Gasteiger partial charge >= 0.3 is 0 Å². The minimum absolute atomic E-state index is 0.0505. The molecule has 1 aromatic rings. The van der Waals surface area contributed by atoms with Crippen molar-refractivity contribution in [3.05, 3.63) is 34.9 Å². The first-order chi connectivity index (χ1) is 9.15. The largest absolute Gasteiger partial charge is 0.304 e. The fourth-order valence-electron chi connectivity index (χ4n) is 3.80. The Bertz CT molecular complexity index is 480. The van der Waals surface area contributed by atoms with Crippen LogP contribution in [0.1, 0.15) is 53.6 Å². The summed E-state index contributed by atoms with van der Waals surface area (Å²) in [6, 6.07) is 6.79. The van der Waals surface area contributed by atoms with Crippen molar-refractivity contribution in [1.29, 1.82) is 0 Å². The number of rotatable bonds is 2. The van der Waals surface area contributed by atoms with Crippen molar-refractivity contribution in [2.24, 2.45) is 5.92 Å². The number of ketones is 1. The van der Waals surface area contributed by atoms with Gasteiger partial charge in [0.25, 0.3) is 0 Å². The average molecular weight is 257 g/mol. The third-order valence-electron chi connectivity index (χ3n) is 4.83. The standard InChI is InChI=1S/C17H23NO/c1-11-7-8-14(12(2)9-11)17(19)16-10-13-5-3-4-6-15(13)18-16/h7-9,13,15-16,18H,3-6,10H2,1-2H3. The number of carbonyl (C=O) groups excluding carboxylic acids is 1. The Morgan fingerprint density at radius 1 is 1.21 bits per heavy atom. The van der Waals surface area contributed by atoms with Crippen molar-refractivity contribution in [1.82, 2.24) is 5.32 Å². The molecule has 2 heteroatoms. The topological polar surface area (TPSA) is 29.1 Å². The number of carbonyl (C=O) groups is 1. The van der Waals surface area contributed by atoms with Crippen LogP contribution in [0.5, 0.6) is 0 Å². The highest BCUT2D eigenvalue weighted by molar-refractivity contribution is 6.01. The zero-order valence-electron chi connectivity index (χ0n) is 11.9. The van der Waals surface area contributed by atoms with Crippen LogP contribution in [0.25, 0.3) is 0 Å². The van der Waals surface area contributed by atoms with Crippen LogP contribution >= 0.6 is 0 Å². The van der Waals surface area contributed by atoms with Crippen molar-refractivity contribution in [2.45, 2.75) is 58.0 Å². The molecule has 0 amide bonds. The molecular formula is C17H23NO. The van der Waals surface area contributed by atoms with E-state index in [2.05, 4.69) is 18.3 Å². The number of benzene rings is 1. The molecule has 1 saturated carbocycles. The second kappa shape index (κ2) is 5.09. The maximum Gasteiger partial charge on any atom is 0.180 e. The zero-order valence-corrected chi connectivity index (χ0v) is 11.9. The fraction of sp³-hybridized carbons (Fsp3) is 0.588. The van der Waals surface area contributed by atoms with E-state index in [0.717, 1.165) is 23.5 Å². The molecule has 3 unspecified atom stereocenters. The lowest BCUT2D eigenvalue weighted by Crippen LogP contribution is -2.37. The molecule has 3 atom stereocenters. The van der Waals surface area contributed by atoms with Crippen LogP contribution in [0.4, 0.5) is 0 Å². The highest BCUT2D eigenvalue weighted by Crippen LogP contribution is 2.34. The second-order valence-corrected chi connectivity index (χ2v) is 6.29. The summed E-state index contributed by atoms with van der Waals surface area (Å²) in [6.45, 7) is 4.12. The second-order valence-electron chi connectivity index (χ2n) is 6.29. The molecule has 1 aliphatic carbocycles. The molecule has 2 nitrogen and oxygen atoms in total. The predicted octanol–water partition coefficient (Wildman–Crippen LogP) is 3.41. The van der Waals surface area contributed by atoms with Crippen molar-refractivity contribution < 1.29 is 4.79 Å². The first-order valence-corrected chi connectivity index (χ1v) is 7.52. The predicted molar refractivity (Wildman–Crippen MR) is 77.5 cm³/mol. The number of aryl methyl sites for hydroxylation is 2. The van der Waals surface area contributed by atoms with Gasteiger partial charge in [-0.05, 0) is 44.6 Å². The molecule has 0 radical (unpaired) electrons. The zero-order chi connectivity index (χ0) is 13.4. The molecule has 19 heavy (non-hydrogen) atoms. The Morgan fingerprint density at radius 3 is 2.74 bits per heavy atom. The first kappa shape index (κ1) is 12.9. The molecule has 102 valence electrons. The normalized spacial score (nSPS) is 30.1. The summed E-state index contributed by atoms with van der Waals surface area (Å²) in [5, 5.41) is 3.58. The van der Waals surface area contributed by atoms with Crippen molar-refractivity contribution in [3.8, 4) is 0 Å². The first-order valence-electron chi connectivity index (χ1n) is 7.52. The number of hydrogen-bond acceptors (Lipinski definition) is 2. The number of Topliss-reactive ketones (excluding diaryl/α,β-unsaturated/α-hetero) is 1. The Kier molecular flexibility index (Phi) is 3.44. The highest BCUT2D eigenvalue weighted by atomic mass is 16.1. The molecule has 1 saturated heterocycles. The van der Waals surface area contributed by atoms with E-state index >= 15 is 0 Å². The quantitative estimate of drug-likeness (QED) is 0.823. The Hall–Kier alpha value is -1.15.